The van der Waals surface area contributed by atoms with E-state index in [1.165, 1.54) is 0 Å². The molecule has 0 saturated carbocycles. The summed E-state index contributed by atoms with van der Waals surface area (Å²) in [5.74, 6) is 0. The number of para-hydroxylation sites is 1. The van der Waals surface area contributed by atoms with Crippen molar-refractivity contribution >= 4 is 54.3 Å². The molecule has 0 aliphatic carbocycles. The van der Waals surface area contributed by atoms with Crippen LogP contribution in [0.4, 0.5) is 0 Å². The molecule has 0 fully saturated rings. The van der Waals surface area contributed by atoms with Gasteiger partial charge >= 0.3 is 0 Å². The molecular weight excluding hydrogens is 520 g/mol. The van der Waals surface area contributed by atoms with Crippen molar-refractivity contribution in [2.45, 2.75) is 0 Å². The third kappa shape index (κ3) is 3.58. The van der Waals surface area contributed by atoms with Crippen LogP contribution in [0.3, 0.4) is 0 Å². The van der Waals surface area contributed by atoms with Gasteiger partial charge in [0.05, 0.1) is 5.48 Å². The molecule has 9 aromatic rings. The van der Waals surface area contributed by atoms with Crippen molar-refractivity contribution in [1.29, 1.82) is 0 Å². The summed E-state index contributed by atoms with van der Waals surface area (Å²) in [5, 5.41) is 8.22. The lowest BCUT2D eigenvalue weighted by molar-refractivity contribution is 0.670. The minimum absolute atomic E-state index is 0.0521. The van der Waals surface area contributed by atoms with Gasteiger partial charge in [0, 0.05) is 21.9 Å². The van der Waals surface area contributed by atoms with Gasteiger partial charge in [-0.3, -0.25) is 0 Å². The van der Waals surface area contributed by atoms with Gasteiger partial charge in [-0.25, -0.2) is 0 Å². The highest BCUT2D eigenvalue weighted by molar-refractivity contribution is 6.26. The Balaban J connectivity index is 1.45. The van der Waals surface area contributed by atoms with Gasteiger partial charge in [0.2, 0.25) is 0 Å². The van der Waals surface area contributed by atoms with E-state index in [1.54, 1.807) is 0 Å². The summed E-state index contributed by atoms with van der Waals surface area (Å²) in [4.78, 5) is 0. The molecule has 1 heteroatoms. The molecule has 0 aliphatic rings. The van der Waals surface area contributed by atoms with Crippen LogP contribution in [0.1, 0.15) is 5.48 Å². The Morgan fingerprint density at radius 2 is 0.977 bits per heavy atom. The monoisotopic (exact) mass is 550 g/mol. The van der Waals surface area contributed by atoms with Crippen molar-refractivity contribution in [2.75, 3.05) is 0 Å². The molecule has 0 aliphatic heterocycles. The fourth-order valence-corrected chi connectivity index (χ4v) is 6.77. The average Bonchev–Trinajstić information content (AvgIpc) is 3.51. The van der Waals surface area contributed by atoms with Crippen LogP contribution < -0.4 is 0 Å². The first-order valence-electron chi connectivity index (χ1n) is 16.5. The van der Waals surface area contributed by atoms with E-state index >= 15 is 0 Å². The lowest BCUT2D eigenvalue weighted by Crippen LogP contribution is -1.92. The van der Waals surface area contributed by atoms with Gasteiger partial charge in [0.25, 0.3) is 0 Å². The van der Waals surface area contributed by atoms with Crippen LogP contribution in [0.5, 0.6) is 0 Å². The maximum atomic E-state index is 9.26. The molecule has 0 bridgehead atoms. The number of hydrogen-bond donors (Lipinski definition) is 0. The number of benzene rings is 8. The first-order valence-corrected chi connectivity index (χ1v) is 14.5. The van der Waals surface area contributed by atoms with Crippen LogP contribution in [0.2, 0.25) is 0 Å². The summed E-state index contributed by atoms with van der Waals surface area (Å²) < 4.78 is 42.3. The summed E-state index contributed by atoms with van der Waals surface area (Å²) >= 11 is 0. The Bertz CT molecular complexity index is 2670. The molecule has 0 radical (unpaired) electrons. The Labute approximate surface area is 254 Å². The highest BCUT2D eigenvalue weighted by Crippen LogP contribution is 2.48. The van der Waals surface area contributed by atoms with Crippen molar-refractivity contribution in [3.63, 3.8) is 0 Å². The third-order valence-electron chi connectivity index (χ3n) is 8.59. The lowest BCUT2D eigenvalue weighted by atomic mass is 9.83. The number of fused-ring (bicyclic) bond motifs is 7. The first kappa shape index (κ1) is 20.3. The van der Waals surface area contributed by atoms with Crippen molar-refractivity contribution in [3.8, 4) is 33.4 Å². The zero-order valence-corrected chi connectivity index (χ0v) is 23.1. The predicted octanol–water partition coefficient (Wildman–Crippen LogP) is 12.0. The largest absolute Gasteiger partial charge is 0.455 e. The standard InChI is InChI=1S/C42H26O/c1-2-13-27(14-3-1)29-16-6-7-18-31(29)39-32-19-8-10-21-34(32)40(35-22-11-9-20-33(35)39)36-23-12-24-37-41-30-17-5-4-15-28(30)25-26-38(41)43-42(36)37/h1-26H/i6D,7D,16D,18D. The second-order valence-electron chi connectivity index (χ2n) is 10.9. The molecule has 0 spiro atoms. The Morgan fingerprint density at radius 1 is 0.419 bits per heavy atom. The van der Waals surface area contributed by atoms with E-state index < -0.39 is 0 Å². The lowest BCUT2D eigenvalue weighted by Gasteiger charge is -2.19. The van der Waals surface area contributed by atoms with Crippen LogP contribution in [0.25, 0.3) is 87.6 Å². The second kappa shape index (κ2) is 9.44. The zero-order valence-electron chi connectivity index (χ0n) is 27.1. The van der Waals surface area contributed by atoms with Crippen LogP contribution in [0.15, 0.2) is 162 Å². The first-order chi connectivity index (χ1) is 23.0. The number of hydrogen-bond acceptors (Lipinski definition) is 1. The molecule has 0 amide bonds. The van der Waals surface area contributed by atoms with Gasteiger partial charge in [-0.05, 0) is 60.6 Å². The van der Waals surface area contributed by atoms with Gasteiger partial charge in [0.1, 0.15) is 11.2 Å². The second-order valence-corrected chi connectivity index (χ2v) is 10.9. The summed E-state index contributed by atoms with van der Waals surface area (Å²) in [6.45, 7) is 0. The van der Waals surface area contributed by atoms with Crippen molar-refractivity contribution in [1.82, 2.24) is 0 Å². The SMILES string of the molecule is [2H]c1c([2H])c([2H])c(-c2c3ccccc3c(-c3cccc4c3oc3ccc5ccccc5c34)c3ccccc23)c(-c2ccccc2)c1[2H]. The van der Waals surface area contributed by atoms with E-state index in [0.29, 0.717) is 11.1 Å². The molecule has 200 valence electrons. The smallest absolute Gasteiger partial charge is 0.143 e. The number of furan rings is 1. The Kier molecular flexibility index (Phi) is 4.45. The van der Waals surface area contributed by atoms with Crippen molar-refractivity contribution in [2.24, 2.45) is 0 Å². The molecule has 1 nitrogen and oxygen atoms in total. The zero-order chi connectivity index (χ0) is 31.8. The summed E-state index contributed by atoms with van der Waals surface area (Å²) in [6.07, 6.45) is 0. The van der Waals surface area contributed by atoms with E-state index in [1.807, 2.05) is 54.6 Å². The van der Waals surface area contributed by atoms with Crippen molar-refractivity contribution < 1.29 is 9.90 Å². The van der Waals surface area contributed by atoms with Gasteiger partial charge in [0.15, 0.2) is 0 Å². The number of rotatable bonds is 3. The highest BCUT2D eigenvalue weighted by Gasteiger charge is 2.21. The molecule has 9 rings (SSSR count). The molecule has 0 N–H and O–H groups in total. The van der Waals surface area contributed by atoms with Gasteiger partial charge < -0.3 is 4.42 Å². The Morgan fingerprint density at radius 3 is 1.67 bits per heavy atom. The third-order valence-corrected chi connectivity index (χ3v) is 8.59. The van der Waals surface area contributed by atoms with Crippen LogP contribution in [-0.2, 0) is 0 Å². The quantitative estimate of drug-likeness (QED) is 0.199. The molecule has 0 unspecified atom stereocenters. The van der Waals surface area contributed by atoms with Gasteiger partial charge in [-0.2, -0.15) is 0 Å². The topological polar surface area (TPSA) is 13.1 Å². The predicted molar refractivity (Wildman–Crippen MR) is 183 cm³/mol. The molecule has 8 aromatic carbocycles. The van der Waals surface area contributed by atoms with E-state index in [0.717, 1.165) is 76.5 Å². The fraction of sp³-hybridized carbons (Fsp3) is 0. The minimum Gasteiger partial charge on any atom is -0.455 e. The van der Waals surface area contributed by atoms with Gasteiger partial charge in [-0.1, -0.05) is 152 Å². The average molecular weight is 551 g/mol. The maximum absolute atomic E-state index is 9.26. The molecular formula is C42H26O. The fourth-order valence-electron chi connectivity index (χ4n) is 6.77. The van der Waals surface area contributed by atoms with E-state index in [9.17, 15) is 1.37 Å². The van der Waals surface area contributed by atoms with Gasteiger partial charge in [-0.15, -0.1) is 0 Å². The summed E-state index contributed by atoms with van der Waals surface area (Å²) in [7, 11) is 0. The summed E-state index contributed by atoms with van der Waals surface area (Å²) in [6, 6.07) is 44.1. The molecule has 0 atom stereocenters. The van der Waals surface area contributed by atoms with Crippen LogP contribution in [0, 0.1) is 0 Å². The van der Waals surface area contributed by atoms with Crippen LogP contribution >= 0.6 is 0 Å². The molecule has 1 heterocycles. The molecule has 1 aromatic heterocycles. The van der Waals surface area contributed by atoms with E-state index in [2.05, 4.69) is 78.9 Å². The van der Waals surface area contributed by atoms with E-state index in [-0.39, 0.29) is 24.2 Å². The summed E-state index contributed by atoms with van der Waals surface area (Å²) in [5.41, 5.74) is 6.16. The van der Waals surface area contributed by atoms with Crippen molar-refractivity contribution in [3.05, 3.63) is 158 Å². The minimum atomic E-state index is -0.249. The molecule has 43 heavy (non-hydrogen) atoms. The molecule has 0 saturated heterocycles. The van der Waals surface area contributed by atoms with Crippen LogP contribution in [-0.4, -0.2) is 0 Å². The maximum Gasteiger partial charge on any atom is 0.143 e. The Hall–Kier alpha value is -5.66. The van der Waals surface area contributed by atoms with E-state index in [4.69, 9.17) is 8.53 Å². The highest BCUT2D eigenvalue weighted by atomic mass is 16.3. The normalized spacial score (nSPS) is 13.0.